The molecule has 0 aromatic heterocycles. The molecule has 0 radical (unpaired) electrons. The van der Waals surface area contributed by atoms with Crippen LogP contribution in [0.1, 0.15) is 13.8 Å². The second-order valence-corrected chi connectivity index (χ2v) is 7.73. The first-order valence-corrected chi connectivity index (χ1v) is 9.25. The number of nitrogens with zero attached hydrogens (tertiary/aromatic N) is 1. The van der Waals surface area contributed by atoms with Gasteiger partial charge in [-0.1, -0.05) is 13.0 Å². The number of carbonyl (C=O) groups excluding carboxylic acids is 1. The highest BCUT2D eigenvalue weighted by Gasteiger charge is 2.31. The molecule has 1 saturated heterocycles. The average molecular weight is 307 g/mol. The number of esters is 1. The normalized spacial score (nSPS) is 21.7. The molecule has 1 fully saturated rings. The maximum absolute atomic E-state index is 12.0. The number of sulfone groups is 1. The van der Waals surface area contributed by atoms with Crippen molar-refractivity contribution in [3.05, 3.63) is 12.2 Å². The number of thioether (sulfide) groups is 1. The summed E-state index contributed by atoms with van der Waals surface area (Å²) in [4.78, 5) is 13.1. The van der Waals surface area contributed by atoms with Crippen molar-refractivity contribution in [2.24, 2.45) is 0 Å². The predicted octanol–water partition coefficient (Wildman–Crippen LogP) is 0.915. The van der Waals surface area contributed by atoms with E-state index in [-0.39, 0.29) is 11.7 Å². The summed E-state index contributed by atoms with van der Waals surface area (Å²) in [5, 5.41) is -0.442. The van der Waals surface area contributed by atoms with Gasteiger partial charge in [0.05, 0.1) is 6.61 Å². The van der Waals surface area contributed by atoms with E-state index in [0.29, 0.717) is 18.9 Å². The minimum atomic E-state index is -3.08. The summed E-state index contributed by atoms with van der Waals surface area (Å²) in [5.41, 5.74) is 0. The third-order valence-electron chi connectivity index (χ3n) is 2.89. The van der Waals surface area contributed by atoms with Gasteiger partial charge in [-0.25, -0.2) is 13.2 Å². The molecule has 1 aliphatic rings. The number of rotatable bonds is 6. The Labute approximate surface area is 119 Å². The van der Waals surface area contributed by atoms with Gasteiger partial charge < -0.3 is 4.74 Å². The molecule has 0 amide bonds. The molecule has 1 heterocycles. The first-order chi connectivity index (χ1) is 9.01. The summed E-state index contributed by atoms with van der Waals surface area (Å²) in [7, 11) is -3.08. The molecule has 1 unspecified atom stereocenters. The van der Waals surface area contributed by atoms with Gasteiger partial charge in [-0.3, -0.25) is 4.90 Å². The zero-order valence-electron chi connectivity index (χ0n) is 11.4. The van der Waals surface area contributed by atoms with E-state index < -0.39 is 15.2 Å². The lowest BCUT2D eigenvalue weighted by molar-refractivity contribution is -0.137. The predicted molar refractivity (Wildman–Crippen MR) is 77.9 cm³/mol. The number of ether oxygens (including phenoxy) is 1. The third kappa shape index (κ3) is 5.16. The first kappa shape index (κ1) is 16.5. The fraction of sp³-hybridized carbons (Fsp3) is 0.750. The van der Waals surface area contributed by atoms with Gasteiger partial charge in [0, 0.05) is 36.4 Å². The molecule has 0 saturated carbocycles. The number of carbonyl (C=O) groups is 1. The zero-order valence-corrected chi connectivity index (χ0v) is 13.0. The Morgan fingerprint density at radius 3 is 2.84 bits per heavy atom. The van der Waals surface area contributed by atoms with Crippen LogP contribution < -0.4 is 0 Å². The SMILES string of the molecule is CCOC(=O)/C=C/CN1CCSCC1S(=O)(=O)CC. The van der Waals surface area contributed by atoms with Gasteiger partial charge in [0.2, 0.25) is 0 Å². The highest BCUT2D eigenvalue weighted by Crippen LogP contribution is 2.21. The van der Waals surface area contributed by atoms with Crippen LogP contribution >= 0.6 is 11.8 Å². The van der Waals surface area contributed by atoms with Crippen molar-refractivity contribution >= 4 is 27.6 Å². The van der Waals surface area contributed by atoms with Crippen molar-refractivity contribution in [3.8, 4) is 0 Å². The van der Waals surface area contributed by atoms with E-state index in [0.717, 1.165) is 12.3 Å². The van der Waals surface area contributed by atoms with Crippen molar-refractivity contribution in [2.45, 2.75) is 19.2 Å². The van der Waals surface area contributed by atoms with Gasteiger partial charge in [0.15, 0.2) is 9.84 Å². The lowest BCUT2D eigenvalue weighted by atomic mass is 10.4. The Morgan fingerprint density at radius 1 is 1.47 bits per heavy atom. The van der Waals surface area contributed by atoms with E-state index in [2.05, 4.69) is 0 Å². The third-order valence-corrected chi connectivity index (χ3v) is 6.22. The maximum atomic E-state index is 12.0. The molecular weight excluding hydrogens is 286 g/mol. The molecule has 0 N–H and O–H groups in total. The van der Waals surface area contributed by atoms with Crippen LogP contribution in [-0.4, -0.2) is 61.6 Å². The lowest BCUT2D eigenvalue weighted by Gasteiger charge is -2.33. The molecule has 0 aromatic carbocycles. The smallest absolute Gasteiger partial charge is 0.330 e. The van der Waals surface area contributed by atoms with Gasteiger partial charge in [-0.2, -0.15) is 11.8 Å². The monoisotopic (exact) mass is 307 g/mol. The lowest BCUT2D eigenvalue weighted by Crippen LogP contribution is -2.47. The van der Waals surface area contributed by atoms with Crippen LogP contribution in [0.15, 0.2) is 12.2 Å². The summed E-state index contributed by atoms with van der Waals surface area (Å²) in [6.07, 6.45) is 3.03. The first-order valence-electron chi connectivity index (χ1n) is 6.38. The molecule has 0 aliphatic carbocycles. The second-order valence-electron chi connectivity index (χ2n) is 4.13. The van der Waals surface area contributed by atoms with Gasteiger partial charge in [-0.15, -0.1) is 0 Å². The molecular formula is C12H21NO4S2. The van der Waals surface area contributed by atoms with E-state index in [1.807, 2.05) is 4.90 Å². The molecule has 0 bridgehead atoms. The molecule has 5 nitrogen and oxygen atoms in total. The summed E-state index contributed by atoms with van der Waals surface area (Å²) in [6, 6.07) is 0. The van der Waals surface area contributed by atoms with E-state index in [1.54, 1.807) is 31.7 Å². The zero-order chi connectivity index (χ0) is 14.3. The van der Waals surface area contributed by atoms with Crippen molar-refractivity contribution < 1.29 is 17.9 Å². The fourth-order valence-electron chi connectivity index (χ4n) is 1.82. The van der Waals surface area contributed by atoms with Crippen molar-refractivity contribution in [3.63, 3.8) is 0 Å². The highest BCUT2D eigenvalue weighted by atomic mass is 32.2. The molecule has 19 heavy (non-hydrogen) atoms. The van der Waals surface area contributed by atoms with Crippen LogP contribution in [0.3, 0.4) is 0 Å². The Balaban J connectivity index is 2.61. The van der Waals surface area contributed by atoms with Crippen LogP contribution in [0.25, 0.3) is 0 Å². The Hall–Kier alpha value is -0.530. The van der Waals surface area contributed by atoms with E-state index in [4.69, 9.17) is 4.74 Å². The quantitative estimate of drug-likeness (QED) is 0.537. The van der Waals surface area contributed by atoms with Crippen molar-refractivity contribution in [1.29, 1.82) is 0 Å². The van der Waals surface area contributed by atoms with Crippen LogP contribution in [0, 0.1) is 0 Å². The van der Waals surface area contributed by atoms with Gasteiger partial charge in [-0.05, 0) is 6.92 Å². The molecule has 1 rings (SSSR count). The standard InChI is InChI=1S/C12H21NO4S2/c1-3-17-12(14)6-5-7-13-8-9-18-10-11(13)19(15,16)4-2/h5-6,11H,3-4,7-10H2,1-2H3/b6-5+. The molecule has 110 valence electrons. The minimum absolute atomic E-state index is 0.149. The van der Waals surface area contributed by atoms with Gasteiger partial charge in [0.1, 0.15) is 5.37 Å². The van der Waals surface area contributed by atoms with Crippen molar-refractivity contribution in [1.82, 2.24) is 4.90 Å². The van der Waals surface area contributed by atoms with Crippen LogP contribution in [0.4, 0.5) is 0 Å². The molecule has 7 heteroatoms. The molecule has 1 aliphatic heterocycles. The number of hydrogen-bond acceptors (Lipinski definition) is 6. The molecule has 1 atom stereocenters. The summed E-state index contributed by atoms with van der Waals surface area (Å²) >= 11 is 1.66. The van der Waals surface area contributed by atoms with E-state index in [9.17, 15) is 13.2 Å². The second kappa shape index (κ2) is 7.91. The topological polar surface area (TPSA) is 63.7 Å². The van der Waals surface area contributed by atoms with E-state index in [1.165, 1.54) is 6.08 Å². The van der Waals surface area contributed by atoms with Gasteiger partial charge in [0.25, 0.3) is 0 Å². The summed E-state index contributed by atoms with van der Waals surface area (Å²) < 4.78 is 28.8. The van der Waals surface area contributed by atoms with Crippen LogP contribution in [0.2, 0.25) is 0 Å². The van der Waals surface area contributed by atoms with E-state index >= 15 is 0 Å². The molecule has 0 spiro atoms. The van der Waals surface area contributed by atoms with Crippen molar-refractivity contribution in [2.75, 3.05) is 37.0 Å². The Morgan fingerprint density at radius 2 is 2.21 bits per heavy atom. The summed E-state index contributed by atoms with van der Waals surface area (Å²) in [6.45, 7) is 4.94. The maximum Gasteiger partial charge on any atom is 0.330 e. The Kier molecular flexibility index (Phi) is 6.88. The highest BCUT2D eigenvalue weighted by molar-refractivity contribution is 8.01. The van der Waals surface area contributed by atoms with Gasteiger partial charge >= 0.3 is 5.97 Å². The number of hydrogen-bond donors (Lipinski definition) is 0. The summed E-state index contributed by atoms with van der Waals surface area (Å²) in [5.74, 6) is 1.28. The Bertz CT molecular complexity index is 419. The largest absolute Gasteiger partial charge is 0.463 e. The van der Waals surface area contributed by atoms with Crippen LogP contribution in [0.5, 0.6) is 0 Å². The molecule has 0 aromatic rings. The average Bonchev–Trinajstić information content (AvgIpc) is 2.39. The van der Waals surface area contributed by atoms with Crippen LogP contribution in [-0.2, 0) is 19.4 Å². The minimum Gasteiger partial charge on any atom is -0.463 e. The fourth-order valence-corrected chi connectivity index (χ4v) is 4.91.